The van der Waals surface area contributed by atoms with Crippen molar-refractivity contribution in [1.29, 1.82) is 0 Å². The van der Waals surface area contributed by atoms with Crippen molar-refractivity contribution in [2.45, 2.75) is 37.6 Å². The number of aliphatic hydroxyl groups excluding tert-OH is 1. The molecule has 0 aliphatic carbocycles. The first-order chi connectivity index (χ1) is 16.0. The number of β-amino-alcohol motifs (C(OH)–C–C–N with tert-alkyl or cyclic N) is 1. The summed E-state index contributed by atoms with van der Waals surface area (Å²) in [6.07, 6.45) is -3.61. The van der Waals surface area contributed by atoms with Gasteiger partial charge in [-0.05, 0) is 37.3 Å². The molecule has 34 heavy (non-hydrogen) atoms. The molecule has 0 bridgehead atoms. The van der Waals surface area contributed by atoms with Crippen LogP contribution in [0.4, 0.5) is 22.0 Å². The number of nitrogens with zero attached hydrogens (tertiary/aromatic N) is 4. The van der Waals surface area contributed by atoms with Crippen molar-refractivity contribution >= 4 is 5.91 Å². The number of amides is 1. The van der Waals surface area contributed by atoms with Crippen LogP contribution in [0.1, 0.15) is 28.4 Å². The Morgan fingerprint density at radius 3 is 2.50 bits per heavy atom. The van der Waals surface area contributed by atoms with Crippen LogP contribution in [0, 0.1) is 11.6 Å². The van der Waals surface area contributed by atoms with Crippen LogP contribution in [-0.2, 0) is 23.1 Å². The molecular weight excluding hydrogens is 463 g/mol. The molecule has 3 atom stereocenters. The third-order valence-corrected chi connectivity index (χ3v) is 5.81. The van der Waals surface area contributed by atoms with E-state index in [-0.39, 0.29) is 24.2 Å². The Balaban J connectivity index is 1.76. The van der Waals surface area contributed by atoms with Gasteiger partial charge in [-0.1, -0.05) is 6.07 Å². The van der Waals surface area contributed by atoms with E-state index >= 15 is 0 Å². The predicted molar refractivity (Wildman–Crippen MR) is 107 cm³/mol. The average Bonchev–Trinajstić information content (AvgIpc) is 3.28. The molecule has 1 amide bonds. The van der Waals surface area contributed by atoms with Crippen molar-refractivity contribution in [2.75, 3.05) is 6.54 Å². The van der Waals surface area contributed by atoms with Crippen LogP contribution in [0.25, 0.3) is 0 Å². The van der Waals surface area contributed by atoms with E-state index < -0.39 is 47.2 Å². The van der Waals surface area contributed by atoms with Crippen LogP contribution in [0.15, 0.2) is 55.1 Å². The highest BCUT2D eigenvalue weighted by molar-refractivity contribution is 5.94. The van der Waals surface area contributed by atoms with Gasteiger partial charge in [0.15, 0.2) is 6.29 Å². The van der Waals surface area contributed by atoms with Gasteiger partial charge in [-0.15, -0.1) is 0 Å². The van der Waals surface area contributed by atoms with Crippen molar-refractivity contribution in [3.63, 3.8) is 0 Å². The van der Waals surface area contributed by atoms with E-state index in [1.165, 1.54) is 29.2 Å². The van der Waals surface area contributed by atoms with Crippen molar-refractivity contribution < 1.29 is 36.6 Å². The molecule has 0 saturated carbocycles. The summed E-state index contributed by atoms with van der Waals surface area (Å²) >= 11 is 0. The highest BCUT2D eigenvalue weighted by Crippen LogP contribution is 2.40. The number of aromatic nitrogens is 3. The van der Waals surface area contributed by atoms with Crippen LogP contribution in [0.2, 0.25) is 0 Å². The maximum atomic E-state index is 15.0. The maximum Gasteiger partial charge on any atom is 0.416 e. The van der Waals surface area contributed by atoms with Crippen LogP contribution in [-0.4, -0.2) is 49.6 Å². The van der Waals surface area contributed by atoms with Gasteiger partial charge in [-0.3, -0.25) is 4.79 Å². The quantitative estimate of drug-likeness (QED) is 0.577. The summed E-state index contributed by atoms with van der Waals surface area (Å²) in [5.41, 5.74) is -2.86. The first-order valence-corrected chi connectivity index (χ1v) is 10.1. The van der Waals surface area contributed by atoms with Crippen LogP contribution < -0.4 is 0 Å². The topological polar surface area (TPSA) is 80.5 Å². The third-order valence-electron chi connectivity index (χ3n) is 5.81. The maximum absolute atomic E-state index is 15.0. The van der Waals surface area contributed by atoms with Crippen molar-refractivity contribution in [3.8, 4) is 0 Å². The minimum Gasteiger partial charge on any atom is -0.366 e. The number of carbonyl (C=O) groups excluding carboxylic acids is 1. The zero-order valence-electron chi connectivity index (χ0n) is 17.7. The molecule has 0 spiro atoms. The molecule has 1 saturated heterocycles. The number of morpholine rings is 1. The molecule has 0 radical (unpaired) electrons. The van der Waals surface area contributed by atoms with E-state index in [0.717, 1.165) is 36.4 Å². The minimum absolute atomic E-state index is 0.0665. The predicted octanol–water partition coefficient (Wildman–Crippen LogP) is 3.35. The molecule has 12 heteroatoms. The zero-order chi connectivity index (χ0) is 24.7. The summed E-state index contributed by atoms with van der Waals surface area (Å²) in [5, 5.41) is 14.5. The van der Waals surface area contributed by atoms with E-state index in [0.29, 0.717) is 6.07 Å². The number of halogens is 5. The molecule has 2 aromatic carbocycles. The zero-order valence-corrected chi connectivity index (χ0v) is 17.7. The largest absolute Gasteiger partial charge is 0.416 e. The van der Waals surface area contributed by atoms with Gasteiger partial charge in [0.05, 0.1) is 24.7 Å². The molecule has 1 unspecified atom stereocenters. The highest BCUT2D eigenvalue weighted by atomic mass is 19.4. The Morgan fingerprint density at radius 1 is 1.21 bits per heavy atom. The number of ether oxygens (including phenoxy) is 1. The first-order valence-electron chi connectivity index (χ1n) is 10.1. The van der Waals surface area contributed by atoms with E-state index in [4.69, 9.17) is 4.74 Å². The Hall–Kier alpha value is -3.38. The lowest BCUT2D eigenvalue weighted by Gasteiger charge is -2.50. The molecule has 1 aromatic heterocycles. The van der Waals surface area contributed by atoms with Gasteiger partial charge in [0.1, 0.15) is 29.9 Å². The van der Waals surface area contributed by atoms with Crippen molar-refractivity contribution in [2.24, 2.45) is 0 Å². The molecule has 3 aromatic rings. The van der Waals surface area contributed by atoms with Gasteiger partial charge in [0.2, 0.25) is 0 Å². The number of aliphatic hydroxyl groups is 1. The lowest BCUT2D eigenvalue weighted by Crippen LogP contribution is -2.63. The standard InChI is InChI=1S/C22H19F5N4O3/c1-13-21(10-30-12-28-11-29-30,17-7-6-16(23)8-18(17)24)34-19(32)9-31(13)20(33)14-2-4-15(5-3-14)22(25,26)27/h2-8,11-13,19,32H,9-10H2,1H3/t13-,19?,21-/m1/s1. The average molecular weight is 482 g/mol. The highest BCUT2D eigenvalue weighted by Gasteiger charge is 2.51. The van der Waals surface area contributed by atoms with Gasteiger partial charge in [-0.25, -0.2) is 18.4 Å². The van der Waals surface area contributed by atoms with E-state index in [9.17, 15) is 31.9 Å². The Kier molecular flexibility index (Phi) is 6.13. The fourth-order valence-corrected chi connectivity index (χ4v) is 4.11. The Morgan fingerprint density at radius 2 is 1.91 bits per heavy atom. The molecule has 4 rings (SSSR count). The molecule has 1 N–H and O–H groups in total. The van der Waals surface area contributed by atoms with Crippen LogP contribution in [0.3, 0.4) is 0 Å². The number of hydrogen-bond donors (Lipinski definition) is 1. The lowest BCUT2D eigenvalue weighted by molar-refractivity contribution is -0.255. The Bertz CT molecular complexity index is 1170. The van der Waals surface area contributed by atoms with Crippen molar-refractivity contribution in [3.05, 3.63) is 83.4 Å². The molecule has 2 heterocycles. The minimum atomic E-state index is -4.57. The molecule has 1 fully saturated rings. The molecular formula is C22H19F5N4O3. The van der Waals surface area contributed by atoms with Gasteiger partial charge in [0.25, 0.3) is 5.91 Å². The summed E-state index contributed by atoms with van der Waals surface area (Å²) in [4.78, 5) is 18.3. The van der Waals surface area contributed by atoms with Crippen LogP contribution in [0.5, 0.6) is 0 Å². The van der Waals surface area contributed by atoms with Gasteiger partial charge >= 0.3 is 6.18 Å². The number of alkyl halides is 3. The summed E-state index contributed by atoms with van der Waals surface area (Å²) in [6, 6.07) is 5.45. The summed E-state index contributed by atoms with van der Waals surface area (Å²) in [5.74, 6) is -2.50. The molecule has 1 aliphatic rings. The molecule has 7 nitrogen and oxygen atoms in total. The van der Waals surface area contributed by atoms with Gasteiger partial charge in [0, 0.05) is 17.2 Å². The second-order valence-corrected chi connectivity index (χ2v) is 7.89. The van der Waals surface area contributed by atoms with E-state index in [1.54, 1.807) is 0 Å². The number of benzene rings is 2. The molecule has 1 aliphatic heterocycles. The van der Waals surface area contributed by atoms with Crippen LogP contribution >= 0.6 is 0 Å². The van der Waals surface area contributed by atoms with Crippen molar-refractivity contribution in [1.82, 2.24) is 19.7 Å². The van der Waals surface area contributed by atoms with Gasteiger partial charge in [-0.2, -0.15) is 18.3 Å². The number of rotatable bonds is 4. The summed E-state index contributed by atoms with van der Waals surface area (Å²) < 4.78 is 74.4. The summed E-state index contributed by atoms with van der Waals surface area (Å²) in [7, 11) is 0. The van der Waals surface area contributed by atoms with E-state index in [2.05, 4.69) is 10.1 Å². The number of carbonyl (C=O) groups is 1. The number of hydrogen-bond acceptors (Lipinski definition) is 5. The Labute approximate surface area is 190 Å². The fourth-order valence-electron chi connectivity index (χ4n) is 4.11. The fraction of sp³-hybridized carbons (Fsp3) is 0.318. The second-order valence-electron chi connectivity index (χ2n) is 7.89. The summed E-state index contributed by atoms with van der Waals surface area (Å²) in [6.45, 7) is 1.00. The third kappa shape index (κ3) is 4.38. The van der Waals surface area contributed by atoms with E-state index in [1.807, 2.05) is 0 Å². The van der Waals surface area contributed by atoms with Gasteiger partial charge < -0.3 is 14.7 Å². The SMILES string of the molecule is C[C@H]1N(C(=O)c2ccc(C(F)(F)F)cc2)CC(O)O[C@@]1(Cn1cncn1)c1ccc(F)cc1F. The first kappa shape index (κ1) is 23.8. The lowest BCUT2D eigenvalue weighted by atomic mass is 9.83. The molecule has 180 valence electrons. The monoisotopic (exact) mass is 482 g/mol. The normalized spacial score (nSPS) is 23.2. The smallest absolute Gasteiger partial charge is 0.366 e. The second kappa shape index (κ2) is 8.76.